The van der Waals surface area contributed by atoms with Crippen molar-refractivity contribution in [3.05, 3.63) is 77.6 Å². The first-order valence-corrected chi connectivity index (χ1v) is 17.8. The molecule has 2 aromatic carbocycles. The fourth-order valence-corrected chi connectivity index (χ4v) is 12.3. The van der Waals surface area contributed by atoms with E-state index in [0.717, 1.165) is 21.3 Å². The fraction of sp³-hybridized carbons (Fsp3) is 0.286. The van der Waals surface area contributed by atoms with Crippen LogP contribution >= 0.6 is 70.6 Å². The van der Waals surface area contributed by atoms with Crippen LogP contribution in [0, 0.1) is 0 Å². The number of para-hydroxylation sites is 2. The number of rotatable bonds is 12. The van der Waals surface area contributed by atoms with Gasteiger partial charge >= 0.3 is 0 Å². The van der Waals surface area contributed by atoms with Gasteiger partial charge in [-0.15, -0.1) is 33.7 Å². The van der Waals surface area contributed by atoms with E-state index in [9.17, 15) is 0 Å². The first-order valence-electron chi connectivity index (χ1n) is 12.6. The quantitative estimate of drug-likeness (QED) is 0.184. The lowest BCUT2D eigenvalue weighted by molar-refractivity contribution is 0.403. The van der Waals surface area contributed by atoms with E-state index >= 15 is 0 Å². The summed E-state index contributed by atoms with van der Waals surface area (Å²) < 4.78 is 17.8. The lowest BCUT2D eigenvalue weighted by atomic mass is 10.3. The number of unbranched alkanes of at least 4 members (excludes halogenated alkanes) is 2. The number of ether oxygens (including phenoxy) is 2. The van der Waals surface area contributed by atoms with E-state index < -0.39 is 0 Å². The molecule has 0 saturated heterocycles. The molecule has 0 bridgehead atoms. The van der Waals surface area contributed by atoms with Gasteiger partial charge in [0.05, 0.1) is 26.7 Å². The molecule has 0 unspecified atom stereocenters. The molecule has 2 aliphatic rings. The van der Waals surface area contributed by atoms with Crippen LogP contribution in [0.1, 0.15) is 39.5 Å². The minimum absolute atomic E-state index is 0.510. The van der Waals surface area contributed by atoms with Crippen molar-refractivity contribution in [1.82, 2.24) is 10.2 Å². The monoisotopic (exact) mass is 616 g/mol. The summed E-state index contributed by atoms with van der Waals surface area (Å²) in [5.41, 5.74) is 0. The third kappa shape index (κ3) is 7.26. The fourth-order valence-electron chi connectivity index (χ4n) is 3.33. The van der Waals surface area contributed by atoms with Gasteiger partial charge in [-0.05, 0) is 48.6 Å². The summed E-state index contributed by atoms with van der Waals surface area (Å²) >= 11 is 11.3. The van der Waals surface area contributed by atoms with Crippen LogP contribution < -0.4 is 9.47 Å². The number of hydrogen-bond acceptors (Lipinski definition) is 10. The topological polar surface area (TPSA) is 44.2 Å². The number of fused-ring (bicyclic) bond motifs is 1. The molecule has 3 aromatic rings. The molecule has 1 aromatic heterocycles. The summed E-state index contributed by atoms with van der Waals surface area (Å²) in [6, 6.07) is 19.5. The minimum atomic E-state index is 0.510. The van der Waals surface area contributed by atoms with Crippen molar-refractivity contribution in [2.45, 2.75) is 49.3 Å². The van der Waals surface area contributed by atoms with Crippen LogP contribution in [-0.4, -0.2) is 21.7 Å². The number of nitrogens with zero attached hydrogens (tertiary/aromatic N) is 2. The molecule has 198 valence electrons. The van der Waals surface area contributed by atoms with Crippen LogP contribution in [-0.2, 0) is 0 Å². The lowest BCUT2D eigenvalue weighted by Gasteiger charge is -2.10. The molecule has 0 amide bonds. The van der Waals surface area contributed by atoms with Gasteiger partial charge in [0.2, 0.25) is 0 Å². The highest BCUT2D eigenvalue weighted by molar-refractivity contribution is 8.42. The van der Waals surface area contributed by atoms with Crippen LogP contribution in [0.3, 0.4) is 0 Å². The van der Waals surface area contributed by atoms with Gasteiger partial charge in [0.15, 0.2) is 0 Å². The van der Waals surface area contributed by atoms with E-state index in [1.807, 2.05) is 108 Å². The predicted molar refractivity (Wildman–Crippen MR) is 171 cm³/mol. The van der Waals surface area contributed by atoms with Gasteiger partial charge in [0.1, 0.15) is 11.5 Å². The van der Waals surface area contributed by atoms with E-state index in [4.69, 9.17) is 9.47 Å². The summed E-state index contributed by atoms with van der Waals surface area (Å²) in [4.78, 5) is 1.91. The largest absolute Gasteiger partial charge is 0.437 e. The Morgan fingerprint density at radius 2 is 1.03 bits per heavy atom. The highest BCUT2D eigenvalue weighted by atomic mass is 32.3. The Balaban J connectivity index is 1.43. The van der Waals surface area contributed by atoms with Gasteiger partial charge in [-0.3, -0.25) is 0 Å². The van der Waals surface area contributed by atoms with E-state index in [2.05, 4.69) is 24.0 Å². The lowest BCUT2D eigenvalue weighted by Crippen LogP contribution is -1.97. The zero-order valence-electron chi connectivity index (χ0n) is 21.2. The third-order valence-corrected chi connectivity index (χ3v) is 14.1. The second kappa shape index (κ2) is 14.4. The number of hydrogen-bond donors (Lipinski definition) is 0. The van der Waals surface area contributed by atoms with Crippen molar-refractivity contribution in [2.75, 3.05) is 11.5 Å². The Morgan fingerprint density at radius 1 is 0.605 bits per heavy atom. The highest BCUT2D eigenvalue weighted by Gasteiger charge is 2.34. The minimum Gasteiger partial charge on any atom is -0.437 e. The van der Waals surface area contributed by atoms with Crippen molar-refractivity contribution < 1.29 is 9.47 Å². The van der Waals surface area contributed by atoms with Crippen molar-refractivity contribution in [2.24, 2.45) is 0 Å². The molecule has 2 aliphatic heterocycles. The summed E-state index contributed by atoms with van der Waals surface area (Å²) in [6.07, 6.45) is 4.93. The molecule has 0 aliphatic carbocycles. The molecular weight excluding hydrogens is 589 g/mol. The van der Waals surface area contributed by atoms with E-state index in [-0.39, 0.29) is 0 Å². The standard InChI is InChI=1S/C28H28N2O2S6/c1-3-5-17-33-25-26(34-18-6-4-2)38-28(37-25)27-35-21-22(36-27)24(32-20-15-11-8-12-16-20)30-29-23(21)31-19-13-9-7-10-14-19/h7-16H,3-6,17-18H2,1-2H3. The molecule has 0 radical (unpaired) electrons. The molecule has 0 spiro atoms. The molecule has 10 heteroatoms. The van der Waals surface area contributed by atoms with Gasteiger partial charge < -0.3 is 9.47 Å². The molecule has 38 heavy (non-hydrogen) atoms. The zero-order chi connectivity index (χ0) is 26.2. The Kier molecular flexibility index (Phi) is 10.7. The van der Waals surface area contributed by atoms with Crippen LogP contribution in [0.2, 0.25) is 0 Å². The van der Waals surface area contributed by atoms with Crippen molar-refractivity contribution in [1.29, 1.82) is 0 Å². The summed E-state index contributed by atoms with van der Waals surface area (Å²) in [5, 5.41) is 8.89. The second-order valence-electron chi connectivity index (χ2n) is 8.26. The van der Waals surface area contributed by atoms with E-state index in [0.29, 0.717) is 11.8 Å². The summed E-state index contributed by atoms with van der Waals surface area (Å²) in [7, 11) is 0. The maximum atomic E-state index is 6.19. The summed E-state index contributed by atoms with van der Waals surface area (Å²) in [6.45, 7) is 4.51. The molecule has 0 saturated carbocycles. The maximum absolute atomic E-state index is 6.19. The normalized spacial score (nSPS) is 14.8. The number of thioether (sulfide) groups is 6. The Hall–Kier alpha value is -1.30. The average molecular weight is 617 g/mol. The van der Waals surface area contributed by atoms with Crippen molar-refractivity contribution in [3.63, 3.8) is 0 Å². The Morgan fingerprint density at radius 3 is 1.45 bits per heavy atom. The molecule has 3 heterocycles. The van der Waals surface area contributed by atoms with Gasteiger partial charge in [-0.25, -0.2) is 0 Å². The van der Waals surface area contributed by atoms with E-state index in [1.54, 1.807) is 23.5 Å². The molecule has 0 fully saturated rings. The molecule has 4 nitrogen and oxygen atoms in total. The van der Waals surface area contributed by atoms with E-state index in [1.165, 1.54) is 54.1 Å². The first-order chi connectivity index (χ1) is 18.7. The van der Waals surface area contributed by atoms with Gasteiger partial charge in [-0.2, -0.15) is 0 Å². The Labute approximate surface area is 250 Å². The first kappa shape index (κ1) is 28.2. The second-order valence-corrected chi connectivity index (χ2v) is 15.6. The zero-order valence-corrected chi connectivity index (χ0v) is 26.1. The number of benzene rings is 2. The smallest absolute Gasteiger partial charge is 0.254 e. The predicted octanol–water partition coefficient (Wildman–Crippen LogP) is 11.1. The Bertz CT molecular complexity index is 1200. The van der Waals surface area contributed by atoms with Gasteiger partial charge in [0, 0.05) is 0 Å². The molecule has 5 rings (SSSR count). The van der Waals surface area contributed by atoms with Crippen molar-refractivity contribution in [3.8, 4) is 23.3 Å². The van der Waals surface area contributed by atoms with Gasteiger partial charge in [-0.1, -0.05) is 110 Å². The average Bonchev–Trinajstić information content (AvgIpc) is 3.57. The molecular formula is C28H28N2O2S6. The molecule has 0 atom stereocenters. The number of aromatic nitrogens is 2. The highest BCUT2D eigenvalue weighted by Crippen LogP contribution is 2.66. The SMILES string of the molecule is CCCCSC1=C(SCCCC)SC(=C2Sc3c(Oc4ccccc4)nnc(Oc4ccccc4)c3S2)S1. The molecule has 0 N–H and O–H groups in total. The van der Waals surface area contributed by atoms with Gasteiger partial charge in [0.25, 0.3) is 11.8 Å². The van der Waals surface area contributed by atoms with Crippen LogP contribution in [0.25, 0.3) is 0 Å². The van der Waals surface area contributed by atoms with Crippen LogP contribution in [0.5, 0.6) is 23.3 Å². The van der Waals surface area contributed by atoms with Crippen LogP contribution in [0.4, 0.5) is 0 Å². The third-order valence-electron chi connectivity index (χ3n) is 5.30. The van der Waals surface area contributed by atoms with Crippen LogP contribution in [0.15, 0.2) is 87.4 Å². The summed E-state index contributed by atoms with van der Waals surface area (Å²) in [5.74, 6) is 4.83. The van der Waals surface area contributed by atoms with Crippen molar-refractivity contribution >= 4 is 70.6 Å². The maximum Gasteiger partial charge on any atom is 0.254 e.